The number of rotatable bonds is 8. The molecule has 0 heterocycles. The Bertz CT molecular complexity index is 368. The molecule has 0 bridgehead atoms. The maximum atomic E-state index is 3.60. The van der Waals surface area contributed by atoms with Crippen molar-refractivity contribution in [3.05, 3.63) is 35.4 Å². The number of benzene rings is 1. The van der Waals surface area contributed by atoms with Gasteiger partial charge in [0.05, 0.1) is 0 Å². The maximum Gasteiger partial charge on any atom is 0.00470 e. The highest BCUT2D eigenvalue weighted by Gasteiger charge is 2.23. The Balaban J connectivity index is 2.72. The van der Waals surface area contributed by atoms with Crippen molar-refractivity contribution in [2.75, 3.05) is 6.54 Å². The van der Waals surface area contributed by atoms with Crippen molar-refractivity contribution >= 4 is 0 Å². The summed E-state index contributed by atoms with van der Waals surface area (Å²) in [5, 5.41) is 3.60. The molecule has 1 rings (SSSR count). The van der Waals surface area contributed by atoms with Crippen molar-refractivity contribution < 1.29 is 0 Å². The van der Waals surface area contributed by atoms with Crippen molar-refractivity contribution in [2.45, 2.75) is 71.8 Å². The molecule has 1 unspecified atom stereocenters. The Kier molecular flexibility index (Phi) is 6.57. The maximum absolute atomic E-state index is 3.60. The molecule has 0 aliphatic heterocycles. The second-order valence-electron chi connectivity index (χ2n) is 6.39. The van der Waals surface area contributed by atoms with E-state index >= 15 is 0 Å². The van der Waals surface area contributed by atoms with Crippen LogP contribution in [0.2, 0.25) is 0 Å². The molecule has 0 radical (unpaired) electrons. The van der Waals surface area contributed by atoms with E-state index in [4.69, 9.17) is 0 Å². The first kappa shape index (κ1) is 16.2. The largest absolute Gasteiger partial charge is 0.314 e. The SMILES string of the molecule is CCCNC(C)CC(C)(C)c1cccc(CCC)c1. The minimum atomic E-state index is 0.240. The Morgan fingerprint density at radius 1 is 1.16 bits per heavy atom. The molecule has 0 amide bonds. The molecule has 0 spiro atoms. The molecular weight excluding hydrogens is 230 g/mol. The average molecular weight is 261 g/mol. The lowest BCUT2D eigenvalue weighted by molar-refractivity contribution is 0.389. The van der Waals surface area contributed by atoms with Crippen LogP contribution in [-0.2, 0) is 11.8 Å². The lowest BCUT2D eigenvalue weighted by Crippen LogP contribution is -2.33. The topological polar surface area (TPSA) is 12.0 Å². The van der Waals surface area contributed by atoms with Crippen LogP contribution < -0.4 is 5.32 Å². The fraction of sp³-hybridized carbons (Fsp3) is 0.667. The predicted octanol–water partition coefficient (Wildman–Crippen LogP) is 4.69. The van der Waals surface area contributed by atoms with Gasteiger partial charge in [-0.3, -0.25) is 0 Å². The van der Waals surface area contributed by atoms with Gasteiger partial charge in [-0.2, -0.15) is 0 Å². The Morgan fingerprint density at radius 3 is 2.53 bits per heavy atom. The highest BCUT2D eigenvalue weighted by Crippen LogP contribution is 2.29. The van der Waals surface area contributed by atoms with E-state index in [1.165, 1.54) is 36.8 Å². The first-order chi connectivity index (χ1) is 8.99. The molecule has 1 nitrogen and oxygen atoms in total. The van der Waals surface area contributed by atoms with Gasteiger partial charge in [-0.25, -0.2) is 0 Å². The number of hydrogen-bond acceptors (Lipinski definition) is 1. The fourth-order valence-electron chi connectivity index (χ4n) is 2.78. The summed E-state index contributed by atoms with van der Waals surface area (Å²) in [6, 6.07) is 9.72. The van der Waals surface area contributed by atoms with Crippen LogP contribution in [0.15, 0.2) is 24.3 Å². The Hall–Kier alpha value is -0.820. The molecule has 1 heteroatoms. The third kappa shape index (κ3) is 5.36. The first-order valence-electron chi connectivity index (χ1n) is 7.82. The summed E-state index contributed by atoms with van der Waals surface area (Å²) in [5.74, 6) is 0. The molecule has 0 aliphatic carbocycles. The van der Waals surface area contributed by atoms with Gasteiger partial charge >= 0.3 is 0 Å². The summed E-state index contributed by atoms with van der Waals surface area (Å²) in [7, 11) is 0. The van der Waals surface area contributed by atoms with E-state index in [9.17, 15) is 0 Å². The normalized spacial score (nSPS) is 13.5. The average Bonchev–Trinajstić information content (AvgIpc) is 2.36. The predicted molar refractivity (Wildman–Crippen MR) is 85.8 cm³/mol. The summed E-state index contributed by atoms with van der Waals surface area (Å²) in [4.78, 5) is 0. The van der Waals surface area contributed by atoms with Crippen molar-refractivity contribution in [1.29, 1.82) is 0 Å². The van der Waals surface area contributed by atoms with E-state index in [0.717, 1.165) is 6.54 Å². The van der Waals surface area contributed by atoms with Crippen molar-refractivity contribution in [2.24, 2.45) is 0 Å². The van der Waals surface area contributed by atoms with E-state index < -0.39 is 0 Å². The lowest BCUT2D eigenvalue weighted by Gasteiger charge is -2.29. The molecule has 0 fully saturated rings. The van der Waals surface area contributed by atoms with Crippen molar-refractivity contribution in [3.8, 4) is 0 Å². The van der Waals surface area contributed by atoms with Crippen molar-refractivity contribution in [3.63, 3.8) is 0 Å². The van der Waals surface area contributed by atoms with Crippen LogP contribution >= 0.6 is 0 Å². The van der Waals surface area contributed by atoms with Gasteiger partial charge in [-0.05, 0) is 49.3 Å². The Morgan fingerprint density at radius 2 is 1.89 bits per heavy atom. The zero-order chi connectivity index (χ0) is 14.3. The molecule has 0 aromatic heterocycles. The van der Waals surface area contributed by atoms with E-state index in [1.807, 2.05) is 0 Å². The third-order valence-corrected chi connectivity index (χ3v) is 3.81. The van der Waals surface area contributed by atoms with Crippen LogP contribution in [0.25, 0.3) is 0 Å². The highest BCUT2D eigenvalue weighted by molar-refractivity contribution is 5.29. The van der Waals surface area contributed by atoms with Crippen LogP contribution in [0, 0.1) is 0 Å². The van der Waals surface area contributed by atoms with E-state index in [1.54, 1.807) is 0 Å². The standard InChI is InChI=1S/C18H31N/c1-6-9-16-10-8-11-17(13-16)18(4,5)14-15(3)19-12-7-2/h8,10-11,13,15,19H,6-7,9,12,14H2,1-5H3. The van der Waals surface area contributed by atoms with Gasteiger partial charge in [0.15, 0.2) is 0 Å². The first-order valence-corrected chi connectivity index (χ1v) is 7.82. The number of aryl methyl sites for hydroxylation is 1. The lowest BCUT2D eigenvalue weighted by atomic mass is 9.78. The van der Waals surface area contributed by atoms with Crippen LogP contribution in [-0.4, -0.2) is 12.6 Å². The molecule has 0 aliphatic rings. The highest BCUT2D eigenvalue weighted by atomic mass is 14.9. The Labute approximate surface area is 119 Å². The van der Waals surface area contributed by atoms with Gasteiger partial charge in [0.1, 0.15) is 0 Å². The molecule has 0 saturated heterocycles. The van der Waals surface area contributed by atoms with Gasteiger partial charge < -0.3 is 5.32 Å². The van der Waals surface area contributed by atoms with E-state index in [-0.39, 0.29) is 5.41 Å². The van der Waals surface area contributed by atoms with E-state index in [0.29, 0.717) is 6.04 Å². The van der Waals surface area contributed by atoms with Gasteiger partial charge in [-0.1, -0.05) is 58.4 Å². The third-order valence-electron chi connectivity index (χ3n) is 3.81. The quantitative estimate of drug-likeness (QED) is 0.715. The monoisotopic (exact) mass is 261 g/mol. The molecule has 1 atom stereocenters. The summed E-state index contributed by atoms with van der Waals surface area (Å²) in [6.07, 6.45) is 4.80. The molecule has 1 aromatic rings. The van der Waals surface area contributed by atoms with Crippen LogP contribution in [0.1, 0.15) is 65.0 Å². The van der Waals surface area contributed by atoms with Crippen LogP contribution in [0.3, 0.4) is 0 Å². The summed E-state index contributed by atoms with van der Waals surface area (Å²) < 4.78 is 0. The minimum absolute atomic E-state index is 0.240. The van der Waals surface area contributed by atoms with Gasteiger partial charge in [-0.15, -0.1) is 0 Å². The summed E-state index contributed by atoms with van der Waals surface area (Å²) in [5.41, 5.74) is 3.19. The zero-order valence-electron chi connectivity index (χ0n) is 13.4. The second kappa shape index (κ2) is 7.69. The van der Waals surface area contributed by atoms with Gasteiger partial charge in [0, 0.05) is 6.04 Å². The number of hydrogen-bond donors (Lipinski definition) is 1. The molecule has 0 saturated carbocycles. The molecule has 108 valence electrons. The summed E-state index contributed by atoms with van der Waals surface area (Å²) >= 11 is 0. The summed E-state index contributed by atoms with van der Waals surface area (Å²) in [6.45, 7) is 12.6. The fourth-order valence-corrected chi connectivity index (χ4v) is 2.78. The smallest absolute Gasteiger partial charge is 0.00470 e. The van der Waals surface area contributed by atoms with Crippen LogP contribution in [0.4, 0.5) is 0 Å². The van der Waals surface area contributed by atoms with E-state index in [2.05, 4.69) is 64.2 Å². The number of nitrogens with one attached hydrogen (secondary N) is 1. The minimum Gasteiger partial charge on any atom is -0.314 e. The van der Waals surface area contributed by atoms with Gasteiger partial charge in [0.25, 0.3) is 0 Å². The molecule has 19 heavy (non-hydrogen) atoms. The second-order valence-corrected chi connectivity index (χ2v) is 6.39. The zero-order valence-corrected chi connectivity index (χ0v) is 13.4. The van der Waals surface area contributed by atoms with Gasteiger partial charge in [0.2, 0.25) is 0 Å². The molecule has 1 N–H and O–H groups in total. The van der Waals surface area contributed by atoms with Crippen molar-refractivity contribution in [1.82, 2.24) is 5.32 Å². The molecule has 1 aromatic carbocycles. The molecular formula is C18H31N. The van der Waals surface area contributed by atoms with Crippen LogP contribution in [0.5, 0.6) is 0 Å².